The minimum absolute atomic E-state index is 0.0617. The molecule has 1 fully saturated rings. The summed E-state index contributed by atoms with van der Waals surface area (Å²) in [4.78, 5) is 59.3. The number of amides is 4. The highest BCUT2D eigenvalue weighted by molar-refractivity contribution is 7.19. The Hall–Kier alpha value is -5.44. The maximum absolute atomic E-state index is 12.9. The van der Waals surface area contributed by atoms with Crippen LogP contribution in [-0.4, -0.2) is 91.3 Å². The van der Waals surface area contributed by atoms with Gasteiger partial charge in [-0.3, -0.25) is 29.4 Å². The SMILES string of the molecule is COc1ccc2nc(/C=C/C=C/c3ccc(OCCOCCOCCOc4ccc5c(c4)C(=O)N(C4CCC(=O)NC4=O)C5=O)nc3)sc2c1. The highest BCUT2D eigenvalue weighted by Crippen LogP contribution is 2.30. The largest absolute Gasteiger partial charge is 0.497 e. The van der Waals surface area contributed by atoms with Gasteiger partial charge < -0.3 is 23.7 Å². The Morgan fingerprint density at radius 2 is 1.58 bits per heavy atom. The first-order chi connectivity index (χ1) is 24.4. The van der Waals surface area contributed by atoms with Crippen molar-refractivity contribution in [3.8, 4) is 17.4 Å². The number of hydrogen-bond acceptors (Lipinski definition) is 12. The lowest BCUT2D eigenvalue weighted by Crippen LogP contribution is -2.54. The van der Waals surface area contributed by atoms with Gasteiger partial charge >= 0.3 is 0 Å². The lowest BCUT2D eigenvalue weighted by atomic mass is 10.0. The van der Waals surface area contributed by atoms with Gasteiger partial charge in [-0.25, -0.2) is 9.97 Å². The van der Waals surface area contributed by atoms with E-state index in [0.717, 1.165) is 31.4 Å². The molecule has 0 saturated carbocycles. The molecule has 2 aromatic carbocycles. The number of methoxy groups -OCH3 is 1. The van der Waals surface area contributed by atoms with E-state index in [2.05, 4.69) is 15.3 Å². The maximum Gasteiger partial charge on any atom is 0.262 e. The van der Waals surface area contributed by atoms with Gasteiger partial charge in [0.1, 0.15) is 35.8 Å². The number of rotatable bonds is 16. The van der Waals surface area contributed by atoms with Gasteiger partial charge in [0.05, 0.1) is 54.9 Å². The van der Waals surface area contributed by atoms with Crippen LogP contribution in [0.25, 0.3) is 22.4 Å². The molecule has 258 valence electrons. The van der Waals surface area contributed by atoms with Crippen LogP contribution < -0.4 is 19.5 Å². The first-order valence-corrected chi connectivity index (χ1v) is 16.7. The van der Waals surface area contributed by atoms with E-state index in [9.17, 15) is 19.2 Å². The minimum Gasteiger partial charge on any atom is -0.497 e. The summed E-state index contributed by atoms with van der Waals surface area (Å²) < 4.78 is 28.8. The molecule has 1 atom stereocenters. The van der Waals surface area contributed by atoms with E-state index in [0.29, 0.717) is 38.1 Å². The number of piperidine rings is 1. The Labute approximate surface area is 291 Å². The summed E-state index contributed by atoms with van der Waals surface area (Å²) in [6, 6.07) is 13.1. The van der Waals surface area contributed by atoms with Gasteiger partial charge in [0.25, 0.3) is 11.8 Å². The van der Waals surface area contributed by atoms with Crippen LogP contribution in [-0.2, 0) is 19.1 Å². The summed E-state index contributed by atoms with van der Waals surface area (Å²) >= 11 is 1.60. The summed E-state index contributed by atoms with van der Waals surface area (Å²) in [5.41, 5.74) is 2.23. The molecular formula is C36H34N4O9S. The summed E-state index contributed by atoms with van der Waals surface area (Å²) in [6.07, 6.45) is 9.68. The molecule has 2 aliphatic heterocycles. The van der Waals surface area contributed by atoms with Crippen molar-refractivity contribution in [1.82, 2.24) is 20.2 Å². The fraction of sp³-hybridized carbons (Fsp3) is 0.278. The molecule has 50 heavy (non-hydrogen) atoms. The van der Waals surface area contributed by atoms with Gasteiger partial charge in [0.2, 0.25) is 17.7 Å². The van der Waals surface area contributed by atoms with Crippen LogP contribution in [0.3, 0.4) is 0 Å². The van der Waals surface area contributed by atoms with Crippen LogP contribution in [0.4, 0.5) is 0 Å². The molecule has 13 nitrogen and oxygen atoms in total. The summed E-state index contributed by atoms with van der Waals surface area (Å²) in [6.45, 7) is 1.91. The van der Waals surface area contributed by atoms with E-state index in [1.807, 2.05) is 48.6 Å². The Morgan fingerprint density at radius 1 is 0.840 bits per heavy atom. The number of hydrogen-bond donors (Lipinski definition) is 1. The highest BCUT2D eigenvalue weighted by Gasteiger charge is 2.44. The number of fused-ring (bicyclic) bond motifs is 2. The van der Waals surface area contributed by atoms with Crippen molar-refractivity contribution < 1.29 is 42.9 Å². The van der Waals surface area contributed by atoms with Gasteiger partial charge in [-0.15, -0.1) is 11.3 Å². The molecular weight excluding hydrogens is 664 g/mol. The topological polar surface area (TPSA) is 155 Å². The maximum atomic E-state index is 12.9. The van der Waals surface area contributed by atoms with E-state index in [1.165, 1.54) is 12.1 Å². The van der Waals surface area contributed by atoms with E-state index < -0.39 is 29.7 Å². The number of pyridine rings is 1. The Bertz CT molecular complexity index is 1940. The zero-order chi connectivity index (χ0) is 34.9. The van der Waals surface area contributed by atoms with Crippen molar-refractivity contribution in [2.24, 2.45) is 0 Å². The second-order valence-electron chi connectivity index (χ2n) is 11.1. The molecule has 2 aromatic heterocycles. The second-order valence-corrected chi connectivity index (χ2v) is 12.2. The van der Waals surface area contributed by atoms with Gasteiger partial charge in [-0.1, -0.05) is 18.2 Å². The van der Waals surface area contributed by atoms with Gasteiger partial charge in [-0.05, 0) is 60.5 Å². The monoisotopic (exact) mass is 698 g/mol. The van der Waals surface area contributed by atoms with E-state index in [-0.39, 0.29) is 37.2 Å². The first kappa shape index (κ1) is 34.4. The van der Waals surface area contributed by atoms with Crippen LogP contribution in [0.5, 0.6) is 17.4 Å². The van der Waals surface area contributed by atoms with Crippen LogP contribution in [0.1, 0.15) is 44.1 Å². The molecule has 0 aliphatic carbocycles. The quantitative estimate of drug-likeness (QED) is 0.101. The van der Waals surface area contributed by atoms with Gasteiger partial charge in [0, 0.05) is 18.7 Å². The average Bonchev–Trinajstić information content (AvgIpc) is 3.64. The van der Waals surface area contributed by atoms with Gasteiger partial charge in [0.15, 0.2) is 0 Å². The molecule has 0 spiro atoms. The number of carbonyl (C=O) groups is 4. The van der Waals surface area contributed by atoms with E-state index in [1.54, 1.807) is 36.8 Å². The molecule has 4 aromatic rings. The number of nitrogens with one attached hydrogen (secondary N) is 1. The first-order valence-electron chi connectivity index (χ1n) is 15.9. The number of thiazole rings is 1. The third-order valence-electron chi connectivity index (χ3n) is 7.77. The van der Waals surface area contributed by atoms with Crippen molar-refractivity contribution in [2.45, 2.75) is 18.9 Å². The Morgan fingerprint density at radius 3 is 2.34 bits per heavy atom. The van der Waals surface area contributed by atoms with Crippen molar-refractivity contribution in [1.29, 1.82) is 0 Å². The number of ether oxygens (including phenoxy) is 5. The summed E-state index contributed by atoms with van der Waals surface area (Å²) in [7, 11) is 1.65. The predicted molar refractivity (Wildman–Crippen MR) is 184 cm³/mol. The standard InChI is InChI=1S/C36H34N4O9S/c1-45-24-8-10-28-30(21-24)50-33(38-28)5-3-2-4-23-6-13-32(37-22-23)49-19-17-47-15-14-46-16-18-48-25-7-9-26-27(20-25)36(44)40(35(26)43)29-11-12-31(41)39-34(29)42/h2-10,13,20-22,29H,11-12,14-19H2,1H3,(H,39,41,42)/b4-2+,5-3+. The molecule has 4 amide bonds. The summed E-state index contributed by atoms with van der Waals surface area (Å²) in [5.74, 6) is -0.515. The predicted octanol–water partition coefficient (Wildman–Crippen LogP) is 4.32. The van der Waals surface area contributed by atoms with Gasteiger partial charge in [-0.2, -0.15) is 0 Å². The number of allylic oxidation sites excluding steroid dienone is 2. The van der Waals surface area contributed by atoms with Crippen LogP contribution in [0, 0.1) is 0 Å². The molecule has 0 bridgehead atoms. The molecule has 4 heterocycles. The molecule has 14 heteroatoms. The third-order valence-corrected chi connectivity index (χ3v) is 8.75. The molecule has 1 saturated heterocycles. The highest BCUT2D eigenvalue weighted by atomic mass is 32.1. The minimum atomic E-state index is -1.01. The number of nitrogens with zero attached hydrogens (tertiary/aromatic N) is 3. The number of carbonyl (C=O) groups excluding carboxylic acids is 4. The zero-order valence-corrected chi connectivity index (χ0v) is 28.0. The van der Waals surface area contributed by atoms with E-state index >= 15 is 0 Å². The number of imide groups is 2. The van der Waals surface area contributed by atoms with Crippen LogP contribution in [0.15, 0.2) is 66.9 Å². The van der Waals surface area contributed by atoms with Crippen molar-refractivity contribution in [3.05, 3.63) is 88.6 Å². The molecule has 1 N–H and O–H groups in total. The average molecular weight is 699 g/mol. The second kappa shape index (κ2) is 16.3. The lowest BCUT2D eigenvalue weighted by molar-refractivity contribution is -0.136. The fourth-order valence-corrected chi connectivity index (χ4v) is 6.20. The Kier molecular flexibility index (Phi) is 11.2. The smallest absolute Gasteiger partial charge is 0.262 e. The normalized spacial score (nSPS) is 16.1. The number of aromatic nitrogens is 2. The Balaban J connectivity index is 0.825. The molecule has 2 aliphatic rings. The van der Waals surface area contributed by atoms with Crippen LogP contribution in [0.2, 0.25) is 0 Å². The number of benzene rings is 2. The van der Waals surface area contributed by atoms with Crippen molar-refractivity contribution in [2.75, 3.05) is 46.8 Å². The zero-order valence-electron chi connectivity index (χ0n) is 27.2. The lowest BCUT2D eigenvalue weighted by Gasteiger charge is -2.27. The van der Waals surface area contributed by atoms with Crippen molar-refractivity contribution in [3.63, 3.8) is 0 Å². The van der Waals surface area contributed by atoms with E-state index in [4.69, 9.17) is 23.7 Å². The summed E-state index contributed by atoms with van der Waals surface area (Å²) in [5, 5.41) is 3.09. The molecule has 6 rings (SSSR count). The fourth-order valence-electron chi connectivity index (χ4n) is 5.29. The van der Waals surface area contributed by atoms with Crippen molar-refractivity contribution >= 4 is 57.3 Å². The third kappa shape index (κ3) is 8.40. The molecule has 1 unspecified atom stereocenters. The van der Waals surface area contributed by atoms with Crippen LogP contribution >= 0.6 is 11.3 Å². The molecule has 0 radical (unpaired) electrons.